The van der Waals surface area contributed by atoms with Gasteiger partial charge < -0.3 is 9.64 Å². The van der Waals surface area contributed by atoms with Crippen LogP contribution in [-0.4, -0.2) is 31.4 Å². The van der Waals surface area contributed by atoms with Crippen molar-refractivity contribution in [3.05, 3.63) is 58.7 Å². The molecule has 1 aliphatic heterocycles. The predicted molar refractivity (Wildman–Crippen MR) is 116 cm³/mol. The van der Waals surface area contributed by atoms with Gasteiger partial charge in [0.05, 0.1) is 17.9 Å². The molecular weight excluding hydrogens is 348 g/mol. The number of aryl methyl sites for hydroxylation is 1. The van der Waals surface area contributed by atoms with Gasteiger partial charge in [0.25, 0.3) is 0 Å². The maximum atomic E-state index is 11.8. The van der Waals surface area contributed by atoms with Gasteiger partial charge in [-0.25, -0.2) is 4.79 Å². The molecule has 2 aromatic carbocycles. The number of anilines is 1. The summed E-state index contributed by atoms with van der Waals surface area (Å²) in [6.45, 7) is 11.2. The third kappa shape index (κ3) is 3.96. The Morgan fingerprint density at radius 2 is 1.96 bits per heavy atom. The number of nitrogens with zero attached hydrogens (tertiary/aromatic N) is 2. The van der Waals surface area contributed by atoms with Crippen molar-refractivity contribution >= 4 is 23.6 Å². The molecule has 2 aromatic rings. The molecular formula is C24H30N2O2. The largest absolute Gasteiger partial charge is 0.462 e. The van der Waals surface area contributed by atoms with Gasteiger partial charge >= 0.3 is 5.97 Å². The molecule has 0 saturated heterocycles. The van der Waals surface area contributed by atoms with E-state index in [0.717, 1.165) is 17.7 Å². The van der Waals surface area contributed by atoms with E-state index in [1.807, 2.05) is 18.3 Å². The summed E-state index contributed by atoms with van der Waals surface area (Å²) in [4.78, 5) is 18.8. The second-order valence-electron chi connectivity index (χ2n) is 8.27. The topological polar surface area (TPSA) is 41.9 Å². The molecule has 1 heterocycles. The van der Waals surface area contributed by atoms with E-state index in [0.29, 0.717) is 18.1 Å². The van der Waals surface area contributed by atoms with Gasteiger partial charge in [-0.3, -0.25) is 4.99 Å². The van der Waals surface area contributed by atoms with Gasteiger partial charge in [0.15, 0.2) is 0 Å². The highest BCUT2D eigenvalue weighted by Crippen LogP contribution is 2.43. The van der Waals surface area contributed by atoms with Crippen LogP contribution < -0.4 is 4.90 Å². The summed E-state index contributed by atoms with van der Waals surface area (Å²) < 4.78 is 5.02. The van der Waals surface area contributed by atoms with Crippen LogP contribution in [0, 0.1) is 6.92 Å². The Morgan fingerprint density at radius 1 is 1.29 bits per heavy atom. The lowest BCUT2D eigenvalue weighted by atomic mass is 9.79. The maximum absolute atomic E-state index is 11.8. The SMILES string of the molecule is CCOC(=O)c1ccc(N=Cc2cc3c(cc2C)N(C)C(C)(C)CC3C)cc1. The number of rotatable bonds is 4. The highest BCUT2D eigenvalue weighted by Gasteiger charge is 2.34. The number of fused-ring (bicyclic) bond motifs is 1. The highest BCUT2D eigenvalue weighted by atomic mass is 16.5. The van der Waals surface area contributed by atoms with Crippen LogP contribution in [0.3, 0.4) is 0 Å². The van der Waals surface area contributed by atoms with E-state index in [1.165, 1.54) is 16.8 Å². The van der Waals surface area contributed by atoms with Crippen LogP contribution >= 0.6 is 0 Å². The molecule has 4 heteroatoms. The minimum absolute atomic E-state index is 0.162. The molecule has 1 unspecified atom stereocenters. The average molecular weight is 379 g/mol. The first-order valence-corrected chi connectivity index (χ1v) is 9.92. The van der Waals surface area contributed by atoms with Gasteiger partial charge in [0.2, 0.25) is 0 Å². The number of carbonyl (C=O) groups is 1. The van der Waals surface area contributed by atoms with Gasteiger partial charge in [0, 0.05) is 24.5 Å². The molecule has 1 aliphatic rings. The molecule has 0 saturated carbocycles. The normalized spacial score (nSPS) is 18.2. The zero-order valence-corrected chi connectivity index (χ0v) is 17.7. The molecule has 0 aromatic heterocycles. The van der Waals surface area contributed by atoms with Gasteiger partial charge in [0.1, 0.15) is 0 Å². The van der Waals surface area contributed by atoms with Crippen molar-refractivity contribution in [1.29, 1.82) is 0 Å². The molecule has 4 nitrogen and oxygen atoms in total. The van der Waals surface area contributed by atoms with Crippen LogP contribution in [0.1, 0.15) is 67.1 Å². The number of esters is 1. The van der Waals surface area contributed by atoms with E-state index in [2.05, 4.69) is 56.8 Å². The van der Waals surface area contributed by atoms with Crippen LogP contribution in [0.4, 0.5) is 11.4 Å². The van der Waals surface area contributed by atoms with Crippen molar-refractivity contribution in [2.45, 2.75) is 52.5 Å². The summed E-state index contributed by atoms with van der Waals surface area (Å²) in [7, 11) is 2.18. The Bertz CT molecular complexity index is 898. The van der Waals surface area contributed by atoms with E-state index < -0.39 is 0 Å². The number of benzene rings is 2. The number of ether oxygens (including phenoxy) is 1. The Hall–Kier alpha value is -2.62. The van der Waals surface area contributed by atoms with E-state index in [4.69, 9.17) is 4.74 Å². The molecule has 0 amide bonds. The van der Waals surface area contributed by atoms with Crippen molar-refractivity contribution in [3.8, 4) is 0 Å². The van der Waals surface area contributed by atoms with Crippen molar-refractivity contribution in [2.75, 3.05) is 18.6 Å². The minimum Gasteiger partial charge on any atom is -0.462 e. The van der Waals surface area contributed by atoms with Gasteiger partial charge in [-0.15, -0.1) is 0 Å². The number of aliphatic imine (C=N–C) groups is 1. The quantitative estimate of drug-likeness (QED) is 0.510. The molecule has 1 atom stereocenters. The van der Waals surface area contributed by atoms with Crippen molar-refractivity contribution in [3.63, 3.8) is 0 Å². The Labute approximate surface area is 168 Å². The third-order valence-corrected chi connectivity index (χ3v) is 5.75. The molecule has 0 fully saturated rings. The average Bonchev–Trinajstić information content (AvgIpc) is 2.65. The summed E-state index contributed by atoms with van der Waals surface area (Å²) in [5.41, 5.74) is 6.57. The monoisotopic (exact) mass is 378 g/mol. The summed E-state index contributed by atoms with van der Waals surface area (Å²) in [6, 6.07) is 11.7. The molecule has 28 heavy (non-hydrogen) atoms. The molecule has 0 spiro atoms. The first-order valence-electron chi connectivity index (χ1n) is 9.92. The molecule has 148 valence electrons. The van der Waals surface area contributed by atoms with E-state index in [9.17, 15) is 4.79 Å². The Morgan fingerprint density at radius 3 is 2.61 bits per heavy atom. The summed E-state index contributed by atoms with van der Waals surface area (Å²) in [5.74, 6) is 0.211. The first-order chi connectivity index (χ1) is 13.2. The van der Waals surface area contributed by atoms with Crippen molar-refractivity contribution in [1.82, 2.24) is 0 Å². The zero-order chi connectivity index (χ0) is 20.5. The van der Waals surface area contributed by atoms with Crippen LogP contribution in [0.15, 0.2) is 41.4 Å². The number of hydrogen-bond acceptors (Lipinski definition) is 4. The second-order valence-corrected chi connectivity index (χ2v) is 8.27. The first kappa shape index (κ1) is 20.1. The van der Waals surface area contributed by atoms with Crippen LogP contribution in [0.2, 0.25) is 0 Å². The van der Waals surface area contributed by atoms with Crippen LogP contribution in [0.5, 0.6) is 0 Å². The number of hydrogen-bond donors (Lipinski definition) is 0. The Kier molecular flexibility index (Phi) is 5.59. The lowest BCUT2D eigenvalue weighted by Crippen LogP contribution is -2.45. The smallest absolute Gasteiger partial charge is 0.338 e. The fourth-order valence-electron chi connectivity index (χ4n) is 3.92. The summed E-state index contributed by atoms with van der Waals surface area (Å²) >= 11 is 0. The molecule has 0 aliphatic carbocycles. The minimum atomic E-state index is -0.301. The molecule has 0 N–H and O–H groups in total. The zero-order valence-electron chi connectivity index (χ0n) is 17.7. The standard InChI is InChI=1S/C24H30N2O2/c1-7-28-23(27)18-8-10-20(11-9-18)25-15-19-13-21-17(3)14-24(4,5)26(6)22(21)12-16(19)2/h8-13,15,17H,7,14H2,1-6H3. The van der Waals surface area contributed by atoms with Gasteiger partial charge in [-0.1, -0.05) is 6.92 Å². The third-order valence-electron chi connectivity index (χ3n) is 5.75. The highest BCUT2D eigenvalue weighted by molar-refractivity contribution is 5.90. The summed E-state index contributed by atoms with van der Waals surface area (Å²) in [6.07, 6.45) is 3.05. The predicted octanol–water partition coefficient (Wildman–Crippen LogP) is 5.64. The molecule has 0 radical (unpaired) electrons. The summed E-state index contributed by atoms with van der Waals surface area (Å²) in [5, 5.41) is 0. The molecule has 3 rings (SSSR count). The fraction of sp³-hybridized carbons (Fsp3) is 0.417. The maximum Gasteiger partial charge on any atom is 0.338 e. The van der Waals surface area contributed by atoms with Crippen LogP contribution in [-0.2, 0) is 4.74 Å². The fourth-order valence-corrected chi connectivity index (χ4v) is 3.92. The molecule has 0 bridgehead atoms. The van der Waals surface area contributed by atoms with Crippen molar-refractivity contribution < 1.29 is 9.53 Å². The van der Waals surface area contributed by atoms with E-state index in [1.54, 1.807) is 19.1 Å². The Balaban J connectivity index is 1.85. The lowest BCUT2D eigenvalue weighted by molar-refractivity contribution is 0.0526. The van der Waals surface area contributed by atoms with E-state index in [-0.39, 0.29) is 11.5 Å². The van der Waals surface area contributed by atoms with E-state index >= 15 is 0 Å². The number of carbonyl (C=O) groups excluding carboxylic acids is 1. The lowest BCUT2D eigenvalue weighted by Gasteiger charge is -2.45. The van der Waals surface area contributed by atoms with Gasteiger partial charge in [-0.05, 0) is 93.1 Å². The van der Waals surface area contributed by atoms with Gasteiger partial charge in [-0.2, -0.15) is 0 Å². The van der Waals surface area contributed by atoms with Crippen LogP contribution in [0.25, 0.3) is 0 Å². The van der Waals surface area contributed by atoms with Crippen molar-refractivity contribution in [2.24, 2.45) is 4.99 Å². The second kappa shape index (κ2) is 7.78.